The summed E-state index contributed by atoms with van der Waals surface area (Å²) in [5.74, 6) is 0.0413. The van der Waals surface area contributed by atoms with E-state index in [1.165, 1.54) is 19.1 Å². The molecule has 114 valence electrons. The lowest BCUT2D eigenvalue weighted by Gasteiger charge is -2.44. The largest absolute Gasteiger partial charge is 0.381 e. The Balaban J connectivity index is 3.03. The average Bonchev–Trinajstić information content (AvgIpc) is 2.32. The maximum absolute atomic E-state index is 11.7. The lowest BCUT2D eigenvalue weighted by Crippen LogP contribution is -2.48. The minimum Gasteiger partial charge on any atom is -0.381 e. The first kappa shape index (κ1) is 17.3. The Labute approximate surface area is 126 Å². The van der Waals surface area contributed by atoms with Crippen molar-refractivity contribution < 1.29 is 14.7 Å². The first-order chi connectivity index (χ1) is 9.58. The van der Waals surface area contributed by atoms with Crippen LogP contribution in [0.25, 0.3) is 0 Å². The molecule has 0 aromatic heterocycles. The molecule has 1 rings (SSSR count). The van der Waals surface area contributed by atoms with Crippen molar-refractivity contribution in [2.24, 2.45) is 5.41 Å². The second-order valence-electron chi connectivity index (χ2n) is 6.33. The molecule has 0 bridgehead atoms. The highest BCUT2D eigenvalue weighted by Crippen LogP contribution is 2.44. The van der Waals surface area contributed by atoms with Gasteiger partial charge in [-0.25, -0.2) is 0 Å². The summed E-state index contributed by atoms with van der Waals surface area (Å²) >= 11 is 0. The number of ketones is 2. The first-order valence-corrected chi connectivity index (χ1v) is 7.07. The summed E-state index contributed by atoms with van der Waals surface area (Å²) in [5, 5.41) is 10.9. The number of carbonyl (C=O) groups is 2. The Morgan fingerprint density at radius 1 is 1.29 bits per heavy atom. The number of hydrogen-bond donors (Lipinski definition) is 1. The molecule has 1 N–H and O–H groups in total. The van der Waals surface area contributed by atoms with E-state index >= 15 is 0 Å². The van der Waals surface area contributed by atoms with Gasteiger partial charge < -0.3 is 5.11 Å². The fourth-order valence-corrected chi connectivity index (χ4v) is 2.51. The van der Waals surface area contributed by atoms with Crippen LogP contribution >= 0.6 is 0 Å². The van der Waals surface area contributed by atoms with Crippen molar-refractivity contribution in [2.75, 3.05) is 0 Å². The summed E-state index contributed by atoms with van der Waals surface area (Å²) in [4.78, 5) is 22.5. The SMILES string of the molecule is CC(=O)/C=C/C=C(C)/C=C/[C@@]1(O)C(C)=CC(=O)CC1(C)C. The zero-order chi connectivity index (χ0) is 16.3. The molecule has 1 aliphatic rings. The highest BCUT2D eigenvalue weighted by atomic mass is 16.3. The number of rotatable bonds is 4. The van der Waals surface area contributed by atoms with E-state index in [1.807, 2.05) is 26.8 Å². The third kappa shape index (κ3) is 4.11. The molecule has 0 radical (unpaired) electrons. The van der Waals surface area contributed by atoms with Gasteiger partial charge in [0.05, 0.1) is 0 Å². The molecule has 21 heavy (non-hydrogen) atoms. The molecule has 3 heteroatoms. The Morgan fingerprint density at radius 3 is 2.43 bits per heavy atom. The maximum Gasteiger partial charge on any atom is 0.156 e. The van der Waals surface area contributed by atoms with E-state index < -0.39 is 11.0 Å². The molecule has 0 aliphatic heterocycles. The van der Waals surface area contributed by atoms with Crippen LogP contribution in [0.5, 0.6) is 0 Å². The van der Waals surface area contributed by atoms with E-state index in [4.69, 9.17) is 0 Å². The number of aliphatic hydroxyl groups is 1. The summed E-state index contributed by atoms with van der Waals surface area (Å²) in [6.07, 6.45) is 10.4. The summed E-state index contributed by atoms with van der Waals surface area (Å²) in [6.45, 7) is 8.94. The second kappa shape index (κ2) is 6.35. The summed E-state index contributed by atoms with van der Waals surface area (Å²) in [5.41, 5.74) is -0.108. The van der Waals surface area contributed by atoms with E-state index in [0.29, 0.717) is 12.0 Å². The van der Waals surface area contributed by atoms with Crippen molar-refractivity contribution in [1.29, 1.82) is 0 Å². The number of allylic oxidation sites excluding steroid dienone is 6. The molecule has 3 nitrogen and oxygen atoms in total. The van der Waals surface area contributed by atoms with Crippen LogP contribution in [-0.4, -0.2) is 22.3 Å². The van der Waals surface area contributed by atoms with Crippen molar-refractivity contribution in [1.82, 2.24) is 0 Å². The van der Waals surface area contributed by atoms with Crippen molar-refractivity contribution in [3.05, 3.63) is 47.6 Å². The van der Waals surface area contributed by atoms with E-state index in [9.17, 15) is 14.7 Å². The summed E-state index contributed by atoms with van der Waals surface area (Å²) in [7, 11) is 0. The second-order valence-corrected chi connectivity index (χ2v) is 6.33. The van der Waals surface area contributed by atoms with Gasteiger partial charge in [0, 0.05) is 11.8 Å². The molecular weight excluding hydrogens is 264 g/mol. The smallest absolute Gasteiger partial charge is 0.156 e. The highest BCUT2D eigenvalue weighted by molar-refractivity contribution is 5.92. The minimum atomic E-state index is -1.14. The van der Waals surface area contributed by atoms with Gasteiger partial charge in [-0.2, -0.15) is 0 Å². The molecule has 0 heterocycles. The van der Waals surface area contributed by atoms with Gasteiger partial charge in [0.25, 0.3) is 0 Å². The molecule has 0 aromatic carbocycles. The fraction of sp³-hybridized carbons (Fsp3) is 0.444. The van der Waals surface area contributed by atoms with Crippen LogP contribution in [0.15, 0.2) is 47.6 Å². The predicted octanol–water partition coefficient (Wildman–Crippen LogP) is 3.31. The Morgan fingerprint density at radius 2 is 1.90 bits per heavy atom. The van der Waals surface area contributed by atoms with Crippen LogP contribution in [0.2, 0.25) is 0 Å². The molecule has 0 spiro atoms. The molecule has 0 fully saturated rings. The number of carbonyl (C=O) groups excluding carboxylic acids is 2. The van der Waals surface area contributed by atoms with Gasteiger partial charge in [0.15, 0.2) is 11.6 Å². The van der Waals surface area contributed by atoms with Gasteiger partial charge in [-0.15, -0.1) is 0 Å². The Hall–Kier alpha value is -1.74. The maximum atomic E-state index is 11.7. The zero-order valence-corrected chi connectivity index (χ0v) is 13.4. The van der Waals surface area contributed by atoms with Crippen molar-refractivity contribution in [3.63, 3.8) is 0 Å². The quantitative estimate of drug-likeness (QED) is 0.638. The lowest BCUT2D eigenvalue weighted by molar-refractivity contribution is -0.121. The fourth-order valence-electron chi connectivity index (χ4n) is 2.51. The van der Waals surface area contributed by atoms with Crippen molar-refractivity contribution >= 4 is 11.6 Å². The van der Waals surface area contributed by atoms with Gasteiger partial charge >= 0.3 is 0 Å². The summed E-state index contributed by atoms with van der Waals surface area (Å²) < 4.78 is 0. The Kier molecular flexibility index (Phi) is 5.24. The van der Waals surface area contributed by atoms with Crippen LogP contribution < -0.4 is 0 Å². The standard InChI is InChI=1S/C18H24O3/c1-13(7-6-8-15(3)19)9-10-18(21)14(2)11-16(20)12-17(18,4)5/h6-11,21H,12H2,1-5H3/b8-6+,10-9+,13-7+/t18-/m1/s1. The van der Waals surface area contributed by atoms with Crippen molar-refractivity contribution in [3.8, 4) is 0 Å². The monoisotopic (exact) mass is 288 g/mol. The van der Waals surface area contributed by atoms with Gasteiger partial charge in [-0.05, 0) is 44.6 Å². The molecule has 0 amide bonds. The lowest BCUT2D eigenvalue weighted by atomic mass is 9.64. The van der Waals surface area contributed by atoms with Crippen LogP contribution in [-0.2, 0) is 9.59 Å². The molecule has 1 aliphatic carbocycles. The Bertz CT molecular complexity index is 559. The van der Waals surface area contributed by atoms with Crippen molar-refractivity contribution in [2.45, 2.75) is 46.6 Å². The van der Waals surface area contributed by atoms with E-state index in [0.717, 1.165) is 5.57 Å². The van der Waals surface area contributed by atoms with Crippen LogP contribution in [0.1, 0.15) is 41.0 Å². The van der Waals surface area contributed by atoms with Crippen LogP contribution in [0, 0.1) is 5.41 Å². The van der Waals surface area contributed by atoms with E-state index in [2.05, 4.69) is 0 Å². The minimum absolute atomic E-state index is 0.00707. The predicted molar refractivity (Wildman–Crippen MR) is 84.8 cm³/mol. The van der Waals surface area contributed by atoms with Gasteiger partial charge in [0.1, 0.15) is 5.60 Å². The van der Waals surface area contributed by atoms with E-state index in [-0.39, 0.29) is 11.6 Å². The number of hydrogen-bond acceptors (Lipinski definition) is 3. The molecule has 0 saturated carbocycles. The summed E-state index contributed by atoms with van der Waals surface area (Å²) in [6, 6.07) is 0. The van der Waals surface area contributed by atoms with Gasteiger partial charge in [-0.1, -0.05) is 37.6 Å². The molecule has 0 unspecified atom stereocenters. The molecule has 0 aromatic rings. The highest BCUT2D eigenvalue weighted by Gasteiger charge is 2.46. The molecule has 1 atom stereocenters. The van der Waals surface area contributed by atoms with Gasteiger partial charge in [-0.3, -0.25) is 9.59 Å². The third-order valence-corrected chi connectivity index (χ3v) is 3.90. The third-order valence-electron chi connectivity index (χ3n) is 3.90. The van der Waals surface area contributed by atoms with E-state index in [1.54, 1.807) is 25.2 Å². The normalized spacial score (nSPS) is 26.5. The van der Waals surface area contributed by atoms with Crippen LogP contribution in [0.4, 0.5) is 0 Å². The molecular formula is C18H24O3. The topological polar surface area (TPSA) is 54.4 Å². The average molecular weight is 288 g/mol. The van der Waals surface area contributed by atoms with Crippen LogP contribution in [0.3, 0.4) is 0 Å². The zero-order valence-electron chi connectivity index (χ0n) is 13.4. The molecule has 0 saturated heterocycles. The van der Waals surface area contributed by atoms with Gasteiger partial charge in [0.2, 0.25) is 0 Å². The first-order valence-electron chi connectivity index (χ1n) is 7.07.